The summed E-state index contributed by atoms with van der Waals surface area (Å²) in [4.78, 5) is 0. The maximum Gasteiger partial charge on any atom is 0.123 e. The number of nitrogens with two attached hydrogens (primary N) is 1. The summed E-state index contributed by atoms with van der Waals surface area (Å²) in [6.45, 7) is 5.11. The molecule has 19 heavy (non-hydrogen) atoms. The van der Waals surface area contributed by atoms with Crippen LogP contribution in [0.4, 0.5) is 0 Å². The molecule has 0 radical (unpaired) electrons. The van der Waals surface area contributed by atoms with Crippen molar-refractivity contribution in [2.24, 2.45) is 5.73 Å². The minimum Gasteiger partial charge on any atom is -0.496 e. The molecule has 2 rings (SSSR count). The van der Waals surface area contributed by atoms with E-state index in [1.54, 1.807) is 7.11 Å². The van der Waals surface area contributed by atoms with Crippen LogP contribution in [0.1, 0.15) is 56.6 Å². The van der Waals surface area contributed by atoms with Gasteiger partial charge in [-0.1, -0.05) is 42.6 Å². The number of methoxy groups -OCH3 is 1. The number of rotatable bonds is 4. The quantitative estimate of drug-likeness (QED) is 0.893. The first-order chi connectivity index (χ1) is 9.04. The van der Waals surface area contributed by atoms with Crippen molar-refractivity contribution in [1.82, 2.24) is 0 Å². The van der Waals surface area contributed by atoms with Crippen LogP contribution in [0.5, 0.6) is 5.75 Å². The fourth-order valence-corrected chi connectivity index (χ4v) is 4.19. The van der Waals surface area contributed by atoms with Crippen molar-refractivity contribution in [1.29, 1.82) is 0 Å². The van der Waals surface area contributed by atoms with Crippen LogP contribution in [0.25, 0.3) is 0 Å². The molecule has 106 valence electrons. The molecule has 0 aromatic heterocycles. The number of halogens is 1. The summed E-state index contributed by atoms with van der Waals surface area (Å²) in [5.41, 5.74) is 8.82. The minimum absolute atomic E-state index is 0.158. The van der Waals surface area contributed by atoms with Crippen LogP contribution in [0.2, 0.25) is 0 Å². The van der Waals surface area contributed by atoms with Gasteiger partial charge < -0.3 is 10.5 Å². The van der Waals surface area contributed by atoms with E-state index in [0.717, 1.165) is 16.8 Å². The highest BCUT2D eigenvalue weighted by Gasteiger charge is 2.35. The van der Waals surface area contributed by atoms with Gasteiger partial charge in [0.1, 0.15) is 5.75 Å². The highest BCUT2D eigenvalue weighted by Crippen LogP contribution is 2.44. The van der Waals surface area contributed by atoms with E-state index in [1.807, 2.05) is 0 Å². The van der Waals surface area contributed by atoms with Crippen molar-refractivity contribution < 1.29 is 4.74 Å². The monoisotopic (exact) mass is 325 g/mol. The summed E-state index contributed by atoms with van der Waals surface area (Å²) in [5.74, 6) is 1.43. The SMILES string of the molecule is COc1cc(C2(CN)CCCC2)cc(Br)c1C(C)C. The Hall–Kier alpha value is -0.540. The van der Waals surface area contributed by atoms with Gasteiger partial charge in [-0.25, -0.2) is 0 Å². The van der Waals surface area contributed by atoms with Crippen LogP contribution < -0.4 is 10.5 Å². The van der Waals surface area contributed by atoms with Gasteiger partial charge in [0.15, 0.2) is 0 Å². The summed E-state index contributed by atoms with van der Waals surface area (Å²) in [6, 6.07) is 4.47. The highest BCUT2D eigenvalue weighted by atomic mass is 79.9. The van der Waals surface area contributed by atoms with Crippen LogP contribution in [-0.2, 0) is 5.41 Å². The molecule has 0 amide bonds. The normalized spacial score (nSPS) is 18.0. The third-order valence-electron chi connectivity index (χ3n) is 4.45. The van der Waals surface area contributed by atoms with Crippen molar-refractivity contribution in [3.63, 3.8) is 0 Å². The Morgan fingerprint density at radius 3 is 2.42 bits per heavy atom. The zero-order valence-corrected chi connectivity index (χ0v) is 13.7. The third-order valence-corrected chi connectivity index (χ3v) is 5.11. The molecule has 0 aliphatic heterocycles. The Bertz CT molecular complexity index is 450. The van der Waals surface area contributed by atoms with E-state index in [0.29, 0.717) is 5.92 Å². The van der Waals surface area contributed by atoms with Crippen LogP contribution in [-0.4, -0.2) is 13.7 Å². The lowest BCUT2D eigenvalue weighted by Gasteiger charge is -2.29. The lowest BCUT2D eigenvalue weighted by Crippen LogP contribution is -2.32. The molecular weight excluding hydrogens is 302 g/mol. The fourth-order valence-electron chi connectivity index (χ4n) is 3.29. The minimum atomic E-state index is 0.158. The van der Waals surface area contributed by atoms with Gasteiger partial charge in [0, 0.05) is 22.0 Å². The van der Waals surface area contributed by atoms with Crippen LogP contribution in [0.15, 0.2) is 16.6 Å². The summed E-state index contributed by atoms with van der Waals surface area (Å²) in [5, 5.41) is 0. The molecule has 1 aliphatic carbocycles. The number of ether oxygens (including phenoxy) is 1. The van der Waals surface area contributed by atoms with E-state index < -0.39 is 0 Å². The Morgan fingerprint density at radius 1 is 1.32 bits per heavy atom. The number of hydrogen-bond donors (Lipinski definition) is 1. The molecule has 0 atom stereocenters. The van der Waals surface area contributed by atoms with E-state index in [-0.39, 0.29) is 5.41 Å². The van der Waals surface area contributed by atoms with Crippen molar-refractivity contribution in [2.75, 3.05) is 13.7 Å². The molecule has 1 aliphatic rings. The van der Waals surface area contributed by atoms with Gasteiger partial charge in [-0.15, -0.1) is 0 Å². The summed E-state index contributed by atoms with van der Waals surface area (Å²) >= 11 is 3.72. The zero-order chi connectivity index (χ0) is 14.0. The van der Waals surface area contributed by atoms with Crippen molar-refractivity contribution in [3.05, 3.63) is 27.7 Å². The second-order valence-corrected chi connectivity index (χ2v) is 6.77. The summed E-state index contributed by atoms with van der Waals surface area (Å²) in [7, 11) is 1.75. The molecule has 1 saturated carbocycles. The standard InChI is InChI=1S/C16H24BrNO/c1-11(2)15-13(17)8-12(9-14(15)19-3)16(10-18)6-4-5-7-16/h8-9,11H,4-7,10,18H2,1-3H3. The van der Waals surface area contributed by atoms with Crippen LogP contribution in [0, 0.1) is 0 Å². The molecule has 1 aromatic rings. The Labute approximate surface area is 124 Å². The van der Waals surface area contributed by atoms with Crippen molar-refractivity contribution in [2.45, 2.75) is 50.9 Å². The smallest absolute Gasteiger partial charge is 0.123 e. The average Bonchev–Trinajstić information content (AvgIpc) is 2.87. The zero-order valence-electron chi connectivity index (χ0n) is 12.1. The molecule has 0 heterocycles. The second-order valence-electron chi connectivity index (χ2n) is 5.92. The molecule has 0 saturated heterocycles. The molecule has 1 aromatic carbocycles. The van der Waals surface area contributed by atoms with E-state index in [2.05, 4.69) is 41.9 Å². The molecule has 0 bridgehead atoms. The van der Waals surface area contributed by atoms with Gasteiger partial charge >= 0.3 is 0 Å². The third kappa shape index (κ3) is 2.68. The first-order valence-electron chi connectivity index (χ1n) is 7.12. The molecule has 2 nitrogen and oxygen atoms in total. The van der Waals surface area contributed by atoms with Gasteiger partial charge in [0.25, 0.3) is 0 Å². The van der Waals surface area contributed by atoms with E-state index in [1.165, 1.54) is 36.8 Å². The molecule has 1 fully saturated rings. The Balaban J connectivity index is 2.51. The maximum atomic E-state index is 6.08. The predicted molar refractivity (Wildman–Crippen MR) is 84.0 cm³/mol. The maximum absolute atomic E-state index is 6.08. The van der Waals surface area contributed by atoms with Gasteiger partial charge in [0.05, 0.1) is 7.11 Å². The highest BCUT2D eigenvalue weighted by molar-refractivity contribution is 9.10. The number of benzene rings is 1. The molecular formula is C16H24BrNO. The first-order valence-corrected chi connectivity index (χ1v) is 7.91. The predicted octanol–water partition coefficient (Wildman–Crippen LogP) is 4.35. The average molecular weight is 326 g/mol. The topological polar surface area (TPSA) is 35.2 Å². The van der Waals surface area contributed by atoms with E-state index in [4.69, 9.17) is 10.5 Å². The van der Waals surface area contributed by atoms with E-state index in [9.17, 15) is 0 Å². The largest absolute Gasteiger partial charge is 0.496 e. The lowest BCUT2D eigenvalue weighted by atomic mass is 9.78. The van der Waals surface area contributed by atoms with Gasteiger partial charge in [-0.05, 0) is 36.5 Å². The van der Waals surface area contributed by atoms with Gasteiger partial charge in [0.2, 0.25) is 0 Å². The summed E-state index contributed by atoms with van der Waals surface area (Å²) < 4.78 is 6.76. The first kappa shape index (κ1) is 14.9. The summed E-state index contributed by atoms with van der Waals surface area (Å²) in [6.07, 6.45) is 4.95. The molecule has 3 heteroatoms. The Morgan fingerprint density at radius 2 is 1.95 bits per heavy atom. The second kappa shape index (κ2) is 5.84. The van der Waals surface area contributed by atoms with E-state index >= 15 is 0 Å². The molecule has 2 N–H and O–H groups in total. The van der Waals surface area contributed by atoms with Gasteiger partial charge in [-0.3, -0.25) is 0 Å². The molecule has 0 unspecified atom stereocenters. The van der Waals surface area contributed by atoms with Crippen LogP contribution in [0.3, 0.4) is 0 Å². The van der Waals surface area contributed by atoms with Crippen molar-refractivity contribution in [3.8, 4) is 5.75 Å². The van der Waals surface area contributed by atoms with Crippen molar-refractivity contribution >= 4 is 15.9 Å². The Kier molecular flexibility index (Phi) is 4.57. The van der Waals surface area contributed by atoms with Crippen LogP contribution >= 0.6 is 15.9 Å². The lowest BCUT2D eigenvalue weighted by molar-refractivity contribution is 0.400. The molecule has 0 spiro atoms. The fraction of sp³-hybridized carbons (Fsp3) is 0.625. The number of hydrogen-bond acceptors (Lipinski definition) is 2. The van der Waals surface area contributed by atoms with Gasteiger partial charge in [-0.2, -0.15) is 0 Å².